The third-order valence-corrected chi connectivity index (χ3v) is 7.38. The predicted octanol–water partition coefficient (Wildman–Crippen LogP) is 2.54. The van der Waals surface area contributed by atoms with E-state index >= 15 is 0 Å². The van der Waals surface area contributed by atoms with Crippen molar-refractivity contribution in [1.29, 1.82) is 0 Å². The third-order valence-electron chi connectivity index (χ3n) is 7.38. The first kappa shape index (κ1) is 21.3. The molecule has 0 aromatic heterocycles. The van der Waals surface area contributed by atoms with E-state index in [1.54, 1.807) is 0 Å². The van der Waals surface area contributed by atoms with Gasteiger partial charge in [-0.1, -0.05) is 38.5 Å². The number of nitrogens with two attached hydrogens (primary N) is 1. The van der Waals surface area contributed by atoms with Crippen LogP contribution in [-0.2, 0) is 14.4 Å². The molecule has 6 nitrogen and oxygen atoms in total. The highest BCUT2D eigenvalue weighted by Gasteiger charge is 2.46. The molecule has 2 saturated carbocycles. The van der Waals surface area contributed by atoms with E-state index in [9.17, 15) is 14.4 Å². The van der Waals surface area contributed by atoms with Crippen LogP contribution in [0.25, 0.3) is 0 Å². The predicted molar refractivity (Wildman–Crippen MR) is 108 cm³/mol. The summed E-state index contributed by atoms with van der Waals surface area (Å²) in [5.74, 6) is -0.107. The molecule has 1 heterocycles. The lowest BCUT2D eigenvalue weighted by Crippen LogP contribution is -2.55. The lowest BCUT2D eigenvalue weighted by molar-refractivity contribution is -0.145. The molecule has 0 aromatic carbocycles. The minimum Gasteiger partial charge on any atom is -0.369 e. The van der Waals surface area contributed by atoms with Crippen molar-refractivity contribution in [2.75, 3.05) is 13.1 Å². The van der Waals surface area contributed by atoms with Gasteiger partial charge in [-0.15, -0.1) is 0 Å². The molecule has 3 N–H and O–H groups in total. The SMILES string of the molecule is C[C@@H]1CC[C@H](NC(=O)C2(C(N)=O)CCCCC2)C(=O)CN1CC1CCCCC1. The molecule has 1 aliphatic heterocycles. The summed E-state index contributed by atoms with van der Waals surface area (Å²) in [4.78, 5) is 40.3. The summed E-state index contributed by atoms with van der Waals surface area (Å²) in [6, 6.07) is -0.156. The zero-order valence-electron chi connectivity index (χ0n) is 17.4. The van der Waals surface area contributed by atoms with Crippen molar-refractivity contribution in [3.8, 4) is 0 Å². The number of nitrogens with zero attached hydrogens (tertiary/aromatic N) is 1. The van der Waals surface area contributed by atoms with Crippen molar-refractivity contribution >= 4 is 17.6 Å². The first-order valence-electron chi connectivity index (χ1n) is 11.3. The first-order valence-corrected chi connectivity index (χ1v) is 11.3. The van der Waals surface area contributed by atoms with Crippen molar-refractivity contribution < 1.29 is 14.4 Å². The Bertz CT molecular complexity index is 580. The monoisotopic (exact) mass is 391 g/mol. The fourth-order valence-electron chi connectivity index (χ4n) is 5.35. The second kappa shape index (κ2) is 9.38. The summed E-state index contributed by atoms with van der Waals surface area (Å²) in [7, 11) is 0. The number of amides is 2. The number of primary amides is 1. The van der Waals surface area contributed by atoms with Gasteiger partial charge in [-0.05, 0) is 51.4 Å². The number of likely N-dealkylation sites (tertiary alicyclic amines) is 1. The Morgan fingerprint density at radius 3 is 2.32 bits per heavy atom. The van der Waals surface area contributed by atoms with Crippen molar-refractivity contribution in [1.82, 2.24) is 10.2 Å². The third kappa shape index (κ3) is 4.76. The molecular weight excluding hydrogens is 354 g/mol. The van der Waals surface area contributed by atoms with Crippen molar-refractivity contribution in [2.45, 2.75) is 96.1 Å². The van der Waals surface area contributed by atoms with Gasteiger partial charge in [-0.3, -0.25) is 19.3 Å². The van der Waals surface area contributed by atoms with E-state index < -0.39 is 17.4 Å². The summed E-state index contributed by atoms with van der Waals surface area (Å²) in [6.07, 6.45) is 11.7. The fourth-order valence-corrected chi connectivity index (χ4v) is 5.35. The maximum Gasteiger partial charge on any atom is 0.236 e. The second-order valence-electron chi connectivity index (χ2n) is 9.36. The summed E-state index contributed by atoms with van der Waals surface area (Å²) in [5, 5.41) is 2.93. The van der Waals surface area contributed by atoms with Gasteiger partial charge in [-0.2, -0.15) is 0 Å². The summed E-state index contributed by atoms with van der Waals surface area (Å²) in [5.41, 5.74) is 4.50. The number of hydrogen-bond acceptors (Lipinski definition) is 4. The normalized spacial score (nSPS) is 29.8. The van der Waals surface area contributed by atoms with Gasteiger partial charge in [0.15, 0.2) is 5.78 Å². The number of carbonyl (C=O) groups excluding carboxylic acids is 3. The standard InChI is InChI=1S/C22H37N3O3/c1-16-10-11-18(19(26)15-25(16)14-17-8-4-2-5-9-17)24-21(28)22(20(23)27)12-6-3-7-13-22/h16-18H,2-15H2,1H3,(H2,23,27)(H,24,28)/t16-,18+/m1/s1. The second-order valence-corrected chi connectivity index (χ2v) is 9.36. The van der Waals surface area contributed by atoms with E-state index in [-0.39, 0.29) is 11.7 Å². The smallest absolute Gasteiger partial charge is 0.236 e. The van der Waals surface area contributed by atoms with Crippen molar-refractivity contribution in [3.05, 3.63) is 0 Å². The summed E-state index contributed by atoms with van der Waals surface area (Å²) < 4.78 is 0. The number of rotatable bonds is 5. The highest BCUT2D eigenvalue weighted by atomic mass is 16.2. The van der Waals surface area contributed by atoms with Crippen LogP contribution in [0.1, 0.15) is 84.0 Å². The molecule has 0 spiro atoms. The van der Waals surface area contributed by atoms with Crippen LogP contribution in [0.15, 0.2) is 0 Å². The van der Waals surface area contributed by atoms with Crippen LogP contribution in [0.2, 0.25) is 0 Å². The fraction of sp³-hybridized carbons (Fsp3) is 0.864. The maximum absolute atomic E-state index is 13.0. The van der Waals surface area contributed by atoms with Gasteiger partial charge < -0.3 is 11.1 Å². The van der Waals surface area contributed by atoms with Crippen LogP contribution in [0.5, 0.6) is 0 Å². The molecule has 2 aliphatic carbocycles. The van der Waals surface area contributed by atoms with Crippen molar-refractivity contribution in [3.63, 3.8) is 0 Å². The van der Waals surface area contributed by atoms with E-state index in [2.05, 4.69) is 17.1 Å². The number of nitrogens with one attached hydrogen (secondary N) is 1. The first-order chi connectivity index (χ1) is 13.4. The lowest BCUT2D eigenvalue weighted by atomic mass is 9.72. The van der Waals surface area contributed by atoms with Crippen molar-refractivity contribution in [2.24, 2.45) is 17.1 Å². The van der Waals surface area contributed by atoms with E-state index in [4.69, 9.17) is 5.73 Å². The molecule has 3 fully saturated rings. The van der Waals surface area contributed by atoms with Gasteiger partial charge in [0.1, 0.15) is 5.41 Å². The van der Waals surface area contributed by atoms with Crippen LogP contribution in [0, 0.1) is 11.3 Å². The minimum absolute atomic E-state index is 0.0731. The van der Waals surface area contributed by atoms with Crippen LogP contribution in [0.3, 0.4) is 0 Å². The molecule has 3 aliphatic rings. The molecule has 28 heavy (non-hydrogen) atoms. The lowest BCUT2D eigenvalue weighted by Gasteiger charge is -2.34. The molecule has 0 aromatic rings. The molecule has 1 saturated heterocycles. The number of carbonyl (C=O) groups is 3. The number of hydrogen-bond donors (Lipinski definition) is 2. The molecular formula is C22H37N3O3. The average Bonchev–Trinajstić information content (AvgIpc) is 2.82. The molecule has 6 heteroatoms. The Hall–Kier alpha value is -1.43. The van der Waals surface area contributed by atoms with Crippen LogP contribution >= 0.6 is 0 Å². The molecule has 0 unspecified atom stereocenters. The van der Waals surface area contributed by atoms with Gasteiger partial charge in [0.25, 0.3) is 0 Å². The van der Waals surface area contributed by atoms with E-state index in [1.807, 2.05) is 0 Å². The molecule has 0 bridgehead atoms. The summed E-state index contributed by atoms with van der Waals surface area (Å²) in [6.45, 7) is 3.57. The number of ketones is 1. The van der Waals surface area contributed by atoms with Gasteiger partial charge in [0, 0.05) is 12.6 Å². The quantitative estimate of drug-likeness (QED) is 0.705. The van der Waals surface area contributed by atoms with E-state index in [1.165, 1.54) is 32.1 Å². The zero-order chi connectivity index (χ0) is 20.1. The zero-order valence-corrected chi connectivity index (χ0v) is 17.4. The van der Waals surface area contributed by atoms with Gasteiger partial charge in [-0.25, -0.2) is 0 Å². The molecule has 2 atom stereocenters. The molecule has 3 rings (SSSR count). The van der Waals surface area contributed by atoms with Gasteiger partial charge in [0.2, 0.25) is 11.8 Å². The van der Waals surface area contributed by atoms with Crippen LogP contribution in [-0.4, -0.2) is 47.7 Å². The highest BCUT2D eigenvalue weighted by molar-refractivity contribution is 6.05. The highest BCUT2D eigenvalue weighted by Crippen LogP contribution is 2.36. The summed E-state index contributed by atoms with van der Waals surface area (Å²) >= 11 is 0. The van der Waals surface area contributed by atoms with Gasteiger partial charge in [0.05, 0.1) is 12.6 Å². The Labute approximate surface area is 169 Å². The molecule has 0 radical (unpaired) electrons. The Morgan fingerprint density at radius 1 is 1.04 bits per heavy atom. The maximum atomic E-state index is 13.0. The molecule has 158 valence electrons. The van der Waals surface area contributed by atoms with Gasteiger partial charge >= 0.3 is 0 Å². The largest absolute Gasteiger partial charge is 0.369 e. The number of Topliss-reactive ketones (excluding diaryl/α,β-unsaturated/α-hetero) is 1. The van der Waals surface area contributed by atoms with Crippen LogP contribution < -0.4 is 11.1 Å². The van der Waals surface area contributed by atoms with E-state index in [0.717, 1.165) is 32.2 Å². The Morgan fingerprint density at radius 2 is 1.68 bits per heavy atom. The molecule has 2 amide bonds. The minimum atomic E-state index is -1.13. The Balaban J connectivity index is 1.62. The topological polar surface area (TPSA) is 92.5 Å². The van der Waals surface area contributed by atoms with Crippen LogP contribution in [0.4, 0.5) is 0 Å². The average molecular weight is 392 g/mol. The Kier molecular flexibility index (Phi) is 7.13. The van der Waals surface area contributed by atoms with E-state index in [0.29, 0.717) is 37.8 Å².